The fourth-order valence-electron chi connectivity index (χ4n) is 4.83. The van der Waals surface area contributed by atoms with Gasteiger partial charge in [-0.2, -0.15) is 0 Å². The van der Waals surface area contributed by atoms with Crippen molar-refractivity contribution in [2.45, 2.75) is 82.3 Å². The first-order valence-electron chi connectivity index (χ1n) is 10.5. The summed E-state index contributed by atoms with van der Waals surface area (Å²) in [6, 6.07) is 10.6. The van der Waals surface area contributed by atoms with Crippen LogP contribution in [0.5, 0.6) is 0 Å². The monoisotopic (exact) mass is 386 g/mol. The third kappa shape index (κ3) is 5.13. The first-order chi connectivity index (χ1) is 13.2. The lowest BCUT2D eigenvalue weighted by molar-refractivity contribution is -0.122. The fraction of sp³-hybridized carbons (Fsp3) is 0.652. The third-order valence-corrected chi connectivity index (χ3v) is 6.40. The summed E-state index contributed by atoms with van der Waals surface area (Å²) in [6.07, 6.45) is 5.34. The van der Waals surface area contributed by atoms with Crippen molar-refractivity contribution in [3.63, 3.8) is 0 Å². The Balaban J connectivity index is 1.55. The molecule has 154 valence electrons. The molecule has 0 saturated carbocycles. The highest BCUT2D eigenvalue weighted by Gasteiger charge is 2.41. The summed E-state index contributed by atoms with van der Waals surface area (Å²) in [5.74, 6) is 0.159. The highest BCUT2D eigenvalue weighted by Crippen LogP contribution is 2.43. The van der Waals surface area contributed by atoms with Crippen LogP contribution in [0.3, 0.4) is 0 Å². The van der Waals surface area contributed by atoms with E-state index in [9.17, 15) is 9.59 Å². The van der Waals surface area contributed by atoms with E-state index in [-0.39, 0.29) is 28.4 Å². The van der Waals surface area contributed by atoms with E-state index in [1.165, 1.54) is 5.56 Å². The molecule has 2 atom stereocenters. The van der Waals surface area contributed by atoms with Crippen molar-refractivity contribution in [3.8, 4) is 0 Å². The Morgan fingerprint density at radius 2 is 1.89 bits per heavy atom. The van der Waals surface area contributed by atoms with Crippen molar-refractivity contribution in [3.05, 3.63) is 35.9 Å². The van der Waals surface area contributed by atoms with Crippen LogP contribution in [0.1, 0.15) is 71.3 Å². The molecule has 1 aromatic rings. The number of amides is 2. The molecule has 2 N–H and O–H groups in total. The summed E-state index contributed by atoms with van der Waals surface area (Å²) in [5, 5.41) is 6.11. The second kappa shape index (κ2) is 8.24. The maximum Gasteiger partial charge on any atom is 0.220 e. The summed E-state index contributed by atoms with van der Waals surface area (Å²) in [4.78, 5) is 23.8. The lowest BCUT2D eigenvalue weighted by Crippen LogP contribution is -2.45. The quantitative estimate of drug-likeness (QED) is 0.754. The van der Waals surface area contributed by atoms with Gasteiger partial charge in [-0.3, -0.25) is 9.59 Å². The summed E-state index contributed by atoms with van der Waals surface area (Å²) in [5.41, 5.74) is 0.973. The average molecular weight is 387 g/mol. The van der Waals surface area contributed by atoms with Crippen molar-refractivity contribution >= 4 is 11.8 Å². The summed E-state index contributed by atoms with van der Waals surface area (Å²) >= 11 is 0. The molecule has 2 aliphatic heterocycles. The molecule has 0 unspecified atom stereocenters. The number of hydrogen-bond donors (Lipinski definition) is 2. The second-order valence-corrected chi connectivity index (χ2v) is 9.39. The molecule has 2 amide bonds. The molecule has 1 aromatic carbocycles. The van der Waals surface area contributed by atoms with Crippen LogP contribution in [0.25, 0.3) is 0 Å². The van der Waals surface area contributed by atoms with E-state index in [0.29, 0.717) is 25.8 Å². The third-order valence-electron chi connectivity index (χ3n) is 6.40. The molecule has 0 aromatic heterocycles. The molecular formula is C23H34N2O3. The van der Waals surface area contributed by atoms with Crippen LogP contribution in [0.4, 0.5) is 0 Å². The van der Waals surface area contributed by atoms with Crippen molar-refractivity contribution < 1.29 is 14.3 Å². The number of carbonyl (C=O) groups excluding carboxylic acids is 2. The van der Waals surface area contributed by atoms with Gasteiger partial charge in [0.05, 0.1) is 5.60 Å². The lowest BCUT2D eigenvalue weighted by atomic mass is 9.67. The summed E-state index contributed by atoms with van der Waals surface area (Å²) in [6.45, 7) is 7.73. The zero-order valence-corrected chi connectivity index (χ0v) is 17.5. The Morgan fingerprint density at radius 3 is 2.54 bits per heavy atom. The van der Waals surface area contributed by atoms with Crippen molar-refractivity contribution in [1.29, 1.82) is 0 Å². The molecule has 0 spiro atoms. The average Bonchev–Trinajstić information content (AvgIpc) is 2.99. The number of carbonyl (C=O) groups is 2. The minimum absolute atomic E-state index is 0.0295. The van der Waals surface area contributed by atoms with Crippen molar-refractivity contribution in [2.75, 3.05) is 13.2 Å². The Hall–Kier alpha value is -1.88. The van der Waals surface area contributed by atoms with Crippen LogP contribution in [0.2, 0.25) is 0 Å². The van der Waals surface area contributed by atoms with Gasteiger partial charge < -0.3 is 15.4 Å². The molecular weight excluding hydrogens is 352 g/mol. The lowest BCUT2D eigenvalue weighted by Gasteiger charge is -2.45. The van der Waals surface area contributed by atoms with Gasteiger partial charge in [-0.1, -0.05) is 30.3 Å². The molecule has 2 fully saturated rings. The Labute approximate surface area is 168 Å². The van der Waals surface area contributed by atoms with E-state index in [4.69, 9.17) is 4.74 Å². The topological polar surface area (TPSA) is 67.4 Å². The van der Waals surface area contributed by atoms with Crippen LogP contribution >= 0.6 is 0 Å². The number of nitrogens with one attached hydrogen (secondary N) is 2. The van der Waals surface area contributed by atoms with Gasteiger partial charge in [0.2, 0.25) is 11.8 Å². The number of hydrogen-bond acceptors (Lipinski definition) is 3. The molecule has 0 bridgehead atoms. The van der Waals surface area contributed by atoms with Crippen LogP contribution in [0.15, 0.2) is 30.3 Å². The van der Waals surface area contributed by atoms with Crippen LogP contribution in [-0.2, 0) is 19.7 Å². The number of ether oxygens (including phenoxy) is 1. The van der Waals surface area contributed by atoms with E-state index in [1.807, 2.05) is 13.0 Å². The highest BCUT2D eigenvalue weighted by molar-refractivity contribution is 5.80. The van der Waals surface area contributed by atoms with Gasteiger partial charge in [0.15, 0.2) is 0 Å². The summed E-state index contributed by atoms with van der Waals surface area (Å²) < 4.78 is 5.96. The molecule has 5 nitrogen and oxygen atoms in total. The molecule has 0 aliphatic carbocycles. The van der Waals surface area contributed by atoms with Gasteiger partial charge in [-0.25, -0.2) is 0 Å². The predicted molar refractivity (Wildman–Crippen MR) is 110 cm³/mol. The molecule has 5 heteroatoms. The molecule has 28 heavy (non-hydrogen) atoms. The minimum atomic E-state index is -0.232. The zero-order valence-electron chi connectivity index (χ0n) is 17.5. The Morgan fingerprint density at radius 1 is 1.14 bits per heavy atom. The van der Waals surface area contributed by atoms with Gasteiger partial charge in [-0.15, -0.1) is 0 Å². The maximum atomic E-state index is 12.4. The number of rotatable bonds is 7. The first kappa shape index (κ1) is 20.8. The standard InChI is InChI=1S/C23H34N2O3/c1-21(2)17-23(14-16-28-21,18-7-5-4-6-8-18)13-15-24-19(26)9-11-22(3)12-10-20(27)25-22/h4-8H,9-17H2,1-3H3,(H,24,26)(H,25,27)/t22-,23+/m1/s1. The maximum absolute atomic E-state index is 12.4. The first-order valence-corrected chi connectivity index (χ1v) is 10.5. The van der Waals surface area contributed by atoms with Gasteiger partial charge in [0.25, 0.3) is 0 Å². The summed E-state index contributed by atoms with van der Waals surface area (Å²) in [7, 11) is 0. The predicted octanol–water partition coefficient (Wildman–Crippen LogP) is 3.47. The zero-order chi connectivity index (χ0) is 20.3. The number of benzene rings is 1. The Kier molecular flexibility index (Phi) is 6.13. The van der Waals surface area contributed by atoms with Crippen molar-refractivity contribution in [2.24, 2.45) is 0 Å². The van der Waals surface area contributed by atoms with Crippen molar-refractivity contribution in [1.82, 2.24) is 10.6 Å². The second-order valence-electron chi connectivity index (χ2n) is 9.39. The largest absolute Gasteiger partial charge is 0.376 e. The van der Waals surface area contributed by atoms with E-state index in [2.05, 4.69) is 48.7 Å². The molecule has 2 heterocycles. The Bertz CT molecular complexity index is 703. The molecule has 2 aliphatic rings. The van der Waals surface area contributed by atoms with Gasteiger partial charge >= 0.3 is 0 Å². The SMILES string of the molecule is CC1(C)C[C@@](CCNC(=O)CC[C@]2(C)CCC(=O)N2)(c2ccccc2)CCO1. The molecule has 3 rings (SSSR count). The molecule has 2 saturated heterocycles. The fourth-order valence-corrected chi connectivity index (χ4v) is 4.83. The van der Waals surface area contributed by atoms with E-state index in [1.54, 1.807) is 0 Å². The minimum Gasteiger partial charge on any atom is -0.376 e. The smallest absolute Gasteiger partial charge is 0.220 e. The van der Waals surface area contributed by atoms with Gasteiger partial charge in [-0.05, 0) is 58.4 Å². The van der Waals surface area contributed by atoms with E-state index in [0.717, 1.165) is 32.3 Å². The van der Waals surface area contributed by atoms with E-state index < -0.39 is 0 Å². The van der Waals surface area contributed by atoms with E-state index >= 15 is 0 Å². The highest BCUT2D eigenvalue weighted by atomic mass is 16.5. The van der Waals surface area contributed by atoms with Crippen LogP contribution < -0.4 is 10.6 Å². The van der Waals surface area contributed by atoms with Gasteiger partial charge in [0, 0.05) is 36.9 Å². The normalized spacial score (nSPS) is 29.3. The van der Waals surface area contributed by atoms with Gasteiger partial charge in [0.1, 0.15) is 0 Å². The molecule has 0 radical (unpaired) electrons. The van der Waals surface area contributed by atoms with Crippen LogP contribution in [0, 0.1) is 0 Å². The van der Waals surface area contributed by atoms with Crippen LogP contribution in [-0.4, -0.2) is 36.1 Å².